The molecule has 0 aliphatic rings. The first kappa shape index (κ1) is 15.3. The maximum atomic E-state index is 12.2. The van der Waals surface area contributed by atoms with Crippen LogP contribution in [0.3, 0.4) is 0 Å². The van der Waals surface area contributed by atoms with Crippen LogP contribution in [0.5, 0.6) is 0 Å². The Balaban J connectivity index is 1.62. The maximum absolute atomic E-state index is 12.2. The van der Waals surface area contributed by atoms with Crippen molar-refractivity contribution in [2.24, 2.45) is 0 Å². The number of carbonyl (C=O) groups excluding carboxylic acids is 1. The molecule has 1 heterocycles. The molecular formula is C19H20N2O2. The van der Waals surface area contributed by atoms with Crippen molar-refractivity contribution in [3.63, 3.8) is 0 Å². The van der Waals surface area contributed by atoms with Crippen LogP contribution in [-0.2, 0) is 17.6 Å². The Kier molecular flexibility index (Phi) is 4.42. The Morgan fingerprint density at radius 1 is 1.17 bits per heavy atom. The molecule has 0 aliphatic heterocycles. The molecule has 0 fully saturated rings. The lowest BCUT2D eigenvalue weighted by atomic mass is 10.0. The fourth-order valence-electron chi connectivity index (χ4n) is 2.76. The number of fused-ring (bicyclic) bond motifs is 1. The summed E-state index contributed by atoms with van der Waals surface area (Å²) in [7, 11) is 0. The third-order valence-corrected chi connectivity index (χ3v) is 3.97. The molecule has 0 saturated carbocycles. The summed E-state index contributed by atoms with van der Waals surface area (Å²) in [5, 5.41) is 7.94. The monoisotopic (exact) mass is 308 g/mol. The van der Waals surface area contributed by atoms with Gasteiger partial charge in [0.25, 0.3) is 0 Å². The van der Waals surface area contributed by atoms with Crippen molar-refractivity contribution in [1.82, 2.24) is 10.5 Å². The number of benzene rings is 2. The van der Waals surface area contributed by atoms with Crippen molar-refractivity contribution in [1.29, 1.82) is 0 Å². The number of hydrogen-bond acceptors (Lipinski definition) is 3. The molecule has 1 N–H and O–H groups in total. The second kappa shape index (κ2) is 6.65. The van der Waals surface area contributed by atoms with Gasteiger partial charge in [0.2, 0.25) is 5.91 Å². The Labute approximate surface area is 135 Å². The molecule has 3 rings (SSSR count). The van der Waals surface area contributed by atoms with Gasteiger partial charge in [0.1, 0.15) is 5.69 Å². The van der Waals surface area contributed by atoms with Crippen LogP contribution in [0.25, 0.3) is 11.0 Å². The van der Waals surface area contributed by atoms with Crippen molar-refractivity contribution < 1.29 is 9.32 Å². The molecule has 1 aromatic heterocycles. The third kappa shape index (κ3) is 3.59. The quantitative estimate of drug-likeness (QED) is 0.785. The number of para-hydroxylation sites is 1. The first-order valence-electron chi connectivity index (χ1n) is 7.80. The van der Waals surface area contributed by atoms with Crippen LogP contribution in [0.2, 0.25) is 0 Å². The molecular weight excluding hydrogens is 288 g/mol. The average Bonchev–Trinajstić information content (AvgIpc) is 2.93. The van der Waals surface area contributed by atoms with Gasteiger partial charge in [0.05, 0.1) is 6.42 Å². The summed E-state index contributed by atoms with van der Waals surface area (Å²) in [4.78, 5) is 12.2. The SMILES string of the molecule is Cc1ccccc1CC(C)NC(=O)Cc1noc2ccccc12. The molecule has 1 atom stereocenters. The first-order chi connectivity index (χ1) is 11.1. The minimum atomic E-state index is -0.0369. The van der Waals surface area contributed by atoms with E-state index in [9.17, 15) is 4.79 Å². The standard InChI is InChI=1S/C19H20N2O2/c1-13-7-3-4-8-15(13)11-14(2)20-19(22)12-17-16-9-5-6-10-18(16)23-21-17/h3-10,14H,11-12H2,1-2H3,(H,20,22). The molecule has 1 unspecified atom stereocenters. The predicted octanol–water partition coefficient (Wildman–Crippen LogP) is 3.43. The van der Waals surface area contributed by atoms with Crippen molar-refractivity contribution in [3.05, 3.63) is 65.4 Å². The van der Waals surface area contributed by atoms with Gasteiger partial charge in [0.15, 0.2) is 5.58 Å². The molecule has 3 aromatic rings. The van der Waals surface area contributed by atoms with Crippen LogP contribution in [0, 0.1) is 6.92 Å². The van der Waals surface area contributed by atoms with E-state index in [0.29, 0.717) is 11.3 Å². The highest BCUT2D eigenvalue weighted by molar-refractivity contribution is 5.86. The van der Waals surface area contributed by atoms with E-state index in [1.165, 1.54) is 11.1 Å². The van der Waals surface area contributed by atoms with Gasteiger partial charge in [-0.05, 0) is 43.5 Å². The maximum Gasteiger partial charge on any atom is 0.226 e. The highest BCUT2D eigenvalue weighted by Crippen LogP contribution is 2.18. The number of carbonyl (C=O) groups is 1. The summed E-state index contributed by atoms with van der Waals surface area (Å²) in [5.74, 6) is -0.0369. The molecule has 0 bridgehead atoms. The minimum Gasteiger partial charge on any atom is -0.356 e. The van der Waals surface area contributed by atoms with Crippen molar-refractivity contribution in [2.75, 3.05) is 0 Å². The summed E-state index contributed by atoms with van der Waals surface area (Å²) in [6.45, 7) is 4.11. The van der Waals surface area contributed by atoms with Crippen molar-refractivity contribution in [3.8, 4) is 0 Å². The fraction of sp³-hybridized carbons (Fsp3) is 0.263. The zero-order valence-electron chi connectivity index (χ0n) is 13.4. The smallest absolute Gasteiger partial charge is 0.226 e. The summed E-state index contributed by atoms with van der Waals surface area (Å²) in [5.41, 5.74) is 3.90. The molecule has 0 radical (unpaired) electrons. The van der Waals surface area contributed by atoms with Crippen LogP contribution in [0.4, 0.5) is 0 Å². The predicted molar refractivity (Wildman–Crippen MR) is 90.2 cm³/mol. The molecule has 23 heavy (non-hydrogen) atoms. The van der Waals surface area contributed by atoms with E-state index in [4.69, 9.17) is 4.52 Å². The van der Waals surface area contributed by atoms with E-state index in [-0.39, 0.29) is 18.4 Å². The van der Waals surface area contributed by atoms with Crippen LogP contribution in [0.15, 0.2) is 53.1 Å². The molecule has 4 heteroatoms. The fourth-order valence-corrected chi connectivity index (χ4v) is 2.76. The lowest BCUT2D eigenvalue weighted by molar-refractivity contribution is -0.121. The summed E-state index contributed by atoms with van der Waals surface area (Å²) < 4.78 is 5.24. The Morgan fingerprint density at radius 3 is 2.74 bits per heavy atom. The van der Waals surface area contributed by atoms with E-state index in [2.05, 4.69) is 29.5 Å². The molecule has 2 aromatic carbocycles. The number of aromatic nitrogens is 1. The normalized spacial score (nSPS) is 12.3. The molecule has 0 aliphatic carbocycles. The van der Waals surface area contributed by atoms with Gasteiger partial charge < -0.3 is 9.84 Å². The van der Waals surface area contributed by atoms with Crippen LogP contribution >= 0.6 is 0 Å². The summed E-state index contributed by atoms with van der Waals surface area (Å²) >= 11 is 0. The molecule has 4 nitrogen and oxygen atoms in total. The average molecular weight is 308 g/mol. The van der Waals surface area contributed by atoms with Gasteiger partial charge >= 0.3 is 0 Å². The van der Waals surface area contributed by atoms with E-state index >= 15 is 0 Å². The number of rotatable bonds is 5. The highest BCUT2D eigenvalue weighted by atomic mass is 16.5. The largest absolute Gasteiger partial charge is 0.356 e. The van der Waals surface area contributed by atoms with E-state index < -0.39 is 0 Å². The third-order valence-electron chi connectivity index (χ3n) is 3.97. The number of nitrogens with zero attached hydrogens (tertiary/aromatic N) is 1. The first-order valence-corrected chi connectivity index (χ1v) is 7.80. The summed E-state index contributed by atoms with van der Waals surface area (Å²) in [6, 6.07) is 15.9. The summed E-state index contributed by atoms with van der Waals surface area (Å²) in [6.07, 6.45) is 1.05. The lowest BCUT2D eigenvalue weighted by Crippen LogP contribution is -2.35. The van der Waals surface area contributed by atoms with Gasteiger partial charge in [-0.3, -0.25) is 4.79 Å². The second-order valence-electron chi connectivity index (χ2n) is 5.90. The van der Waals surface area contributed by atoms with E-state index in [1.54, 1.807) is 0 Å². The number of amides is 1. The molecule has 0 saturated heterocycles. The van der Waals surface area contributed by atoms with Gasteiger partial charge in [-0.2, -0.15) is 0 Å². The van der Waals surface area contributed by atoms with Gasteiger partial charge in [-0.15, -0.1) is 0 Å². The molecule has 0 spiro atoms. The highest BCUT2D eigenvalue weighted by Gasteiger charge is 2.14. The molecule has 118 valence electrons. The van der Waals surface area contributed by atoms with Gasteiger partial charge in [-0.1, -0.05) is 41.6 Å². The van der Waals surface area contributed by atoms with Crippen LogP contribution in [-0.4, -0.2) is 17.1 Å². The molecule has 1 amide bonds. The Bertz CT molecular complexity index is 823. The van der Waals surface area contributed by atoms with E-state index in [0.717, 1.165) is 11.8 Å². The second-order valence-corrected chi connectivity index (χ2v) is 5.90. The zero-order chi connectivity index (χ0) is 16.2. The van der Waals surface area contributed by atoms with Crippen molar-refractivity contribution >= 4 is 16.9 Å². The minimum absolute atomic E-state index is 0.0369. The van der Waals surface area contributed by atoms with Crippen LogP contribution < -0.4 is 5.32 Å². The van der Waals surface area contributed by atoms with Crippen LogP contribution in [0.1, 0.15) is 23.7 Å². The Morgan fingerprint density at radius 2 is 1.91 bits per heavy atom. The number of nitrogens with one attached hydrogen (secondary N) is 1. The number of aryl methyl sites for hydroxylation is 1. The zero-order valence-corrected chi connectivity index (χ0v) is 13.4. The number of hydrogen-bond donors (Lipinski definition) is 1. The Hall–Kier alpha value is -2.62. The van der Waals surface area contributed by atoms with Gasteiger partial charge in [-0.25, -0.2) is 0 Å². The van der Waals surface area contributed by atoms with E-state index in [1.807, 2.05) is 43.3 Å². The lowest BCUT2D eigenvalue weighted by Gasteiger charge is -2.15. The topological polar surface area (TPSA) is 55.1 Å². The van der Waals surface area contributed by atoms with Gasteiger partial charge in [0, 0.05) is 11.4 Å². The van der Waals surface area contributed by atoms with Crippen molar-refractivity contribution in [2.45, 2.75) is 32.7 Å².